The molecular formula is C10H17NO2Y. The van der Waals surface area contributed by atoms with Crippen molar-refractivity contribution in [2.75, 3.05) is 13.7 Å². The fraction of sp³-hybridized carbons (Fsp3) is 0.500. The van der Waals surface area contributed by atoms with Gasteiger partial charge in [-0.1, -0.05) is 13.5 Å². The number of ether oxygens (including phenoxy) is 1. The van der Waals surface area contributed by atoms with Gasteiger partial charge in [0.05, 0.1) is 12.7 Å². The van der Waals surface area contributed by atoms with Crippen molar-refractivity contribution in [2.45, 2.75) is 20.8 Å². The summed E-state index contributed by atoms with van der Waals surface area (Å²) in [4.78, 5) is 13.0. The second-order valence-electron chi connectivity index (χ2n) is 2.57. The Balaban J connectivity index is 0. The zero-order chi connectivity index (χ0) is 8.97. The van der Waals surface area contributed by atoms with Crippen LogP contribution in [0.25, 0.3) is 0 Å². The second-order valence-corrected chi connectivity index (χ2v) is 2.57. The smallest absolute Gasteiger partial charge is 0.335 e. The quantitative estimate of drug-likeness (QED) is 0.719. The van der Waals surface area contributed by atoms with Crippen LogP contribution in [0.2, 0.25) is 0 Å². The number of nitrogens with zero attached hydrogens (tertiary/aromatic N) is 1. The summed E-state index contributed by atoms with van der Waals surface area (Å²) < 4.78 is 4.61. The zero-order valence-electron chi connectivity index (χ0n) is 7.99. The Bertz CT molecular complexity index is 236. The molecule has 0 aromatic heterocycles. The molecule has 0 fully saturated rings. The van der Waals surface area contributed by atoms with Crippen molar-refractivity contribution in [1.29, 1.82) is 0 Å². The molecular weight excluding hydrogens is 255 g/mol. The van der Waals surface area contributed by atoms with E-state index in [2.05, 4.69) is 4.74 Å². The Morgan fingerprint density at radius 2 is 2.29 bits per heavy atom. The fourth-order valence-electron chi connectivity index (χ4n) is 1.07. The number of carbonyl (C=O) groups excluding carboxylic acids is 1. The number of methoxy groups -OCH3 is 1. The minimum absolute atomic E-state index is 0. The molecule has 4 heteroatoms. The first-order chi connectivity index (χ1) is 5.77. The van der Waals surface area contributed by atoms with Gasteiger partial charge in [0.25, 0.3) is 0 Å². The van der Waals surface area contributed by atoms with Crippen molar-refractivity contribution in [2.24, 2.45) is 0 Å². The average Bonchev–Trinajstić information content (AvgIpc) is 2.17. The van der Waals surface area contributed by atoms with Crippen LogP contribution < -0.4 is 0 Å². The normalized spacial score (nSPS) is 13.6. The molecule has 0 unspecified atom stereocenters. The van der Waals surface area contributed by atoms with E-state index in [0.29, 0.717) is 12.0 Å². The Morgan fingerprint density at radius 3 is 2.79 bits per heavy atom. The van der Waals surface area contributed by atoms with Gasteiger partial charge in [-0.05, 0) is 13.1 Å². The molecule has 1 radical (unpaired) electrons. The van der Waals surface area contributed by atoms with E-state index >= 15 is 0 Å². The van der Waals surface area contributed by atoms with Crippen LogP contribution in [-0.4, -0.2) is 24.5 Å². The molecule has 3 nitrogen and oxygen atoms in total. The summed E-state index contributed by atoms with van der Waals surface area (Å²) in [5.41, 5.74) is 0.710. The van der Waals surface area contributed by atoms with Crippen LogP contribution >= 0.6 is 0 Å². The first-order valence-electron chi connectivity index (χ1n) is 3.99. The van der Waals surface area contributed by atoms with E-state index in [0.717, 1.165) is 6.54 Å². The predicted octanol–water partition coefficient (Wildman–Crippen LogP) is 1.92. The molecule has 0 aliphatic carbocycles. The third kappa shape index (κ3) is 4.38. The Kier molecular flexibility index (Phi) is 9.53. The Labute approximate surface area is 111 Å². The van der Waals surface area contributed by atoms with Gasteiger partial charge in [-0.25, -0.2) is 4.79 Å². The number of esters is 1. The monoisotopic (exact) mass is 272 g/mol. The minimum atomic E-state index is -0.238. The maximum Gasteiger partial charge on any atom is 0.335 e. The first-order valence-corrected chi connectivity index (χ1v) is 3.99. The summed E-state index contributed by atoms with van der Waals surface area (Å²) in [5.74, 6) is -0.238. The van der Waals surface area contributed by atoms with Crippen LogP contribution in [0.15, 0.2) is 24.0 Å². The van der Waals surface area contributed by atoms with Crippen LogP contribution in [0.4, 0.5) is 0 Å². The van der Waals surface area contributed by atoms with Crippen molar-refractivity contribution >= 4 is 5.97 Å². The van der Waals surface area contributed by atoms with Gasteiger partial charge in [-0.2, -0.15) is 0 Å². The Hall–Kier alpha value is -0.146. The van der Waals surface area contributed by atoms with Crippen molar-refractivity contribution in [1.82, 2.24) is 4.90 Å². The SMILES string of the molecule is C.CCN1C=CCC(C(=O)OC)=C1.[Y]. The van der Waals surface area contributed by atoms with Crippen molar-refractivity contribution in [3.05, 3.63) is 24.0 Å². The van der Waals surface area contributed by atoms with Gasteiger partial charge in [-0.3, -0.25) is 0 Å². The standard InChI is InChI=1S/C9H13NO2.CH4.Y/c1-3-10-6-4-5-8(7-10)9(11)12-2;;/h4,6-7H,3,5H2,1-2H3;1H4;. The van der Waals surface area contributed by atoms with Gasteiger partial charge in [0, 0.05) is 51.9 Å². The molecule has 0 spiro atoms. The van der Waals surface area contributed by atoms with Gasteiger partial charge in [0.1, 0.15) is 0 Å². The zero-order valence-corrected chi connectivity index (χ0v) is 10.8. The van der Waals surface area contributed by atoms with E-state index < -0.39 is 0 Å². The minimum Gasteiger partial charge on any atom is -0.466 e. The van der Waals surface area contributed by atoms with Crippen molar-refractivity contribution in [3.63, 3.8) is 0 Å². The largest absolute Gasteiger partial charge is 0.466 e. The summed E-state index contributed by atoms with van der Waals surface area (Å²) in [6, 6.07) is 0. The number of rotatable bonds is 2. The van der Waals surface area contributed by atoms with E-state index in [4.69, 9.17) is 0 Å². The maximum atomic E-state index is 11.1. The molecule has 0 atom stereocenters. The van der Waals surface area contributed by atoms with E-state index in [9.17, 15) is 4.79 Å². The van der Waals surface area contributed by atoms with Gasteiger partial charge >= 0.3 is 5.97 Å². The van der Waals surface area contributed by atoms with Gasteiger partial charge in [-0.15, -0.1) is 0 Å². The molecule has 0 aromatic carbocycles. The summed E-state index contributed by atoms with van der Waals surface area (Å²) in [5, 5.41) is 0. The molecule has 1 aliphatic rings. The molecule has 14 heavy (non-hydrogen) atoms. The molecule has 0 amide bonds. The van der Waals surface area contributed by atoms with E-state index in [1.807, 2.05) is 30.3 Å². The molecule has 0 aromatic rings. The topological polar surface area (TPSA) is 29.5 Å². The average molecular weight is 272 g/mol. The summed E-state index contributed by atoms with van der Waals surface area (Å²) in [6.45, 7) is 2.90. The molecule has 1 rings (SSSR count). The van der Waals surface area contributed by atoms with Crippen LogP contribution in [0, 0.1) is 0 Å². The molecule has 0 saturated carbocycles. The molecule has 77 valence electrons. The third-order valence-corrected chi connectivity index (χ3v) is 1.77. The van der Waals surface area contributed by atoms with Gasteiger partial charge in [0.2, 0.25) is 0 Å². The number of hydrogen-bond acceptors (Lipinski definition) is 3. The van der Waals surface area contributed by atoms with E-state index in [1.54, 1.807) is 0 Å². The maximum absolute atomic E-state index is 11.1. The van der Waals surface area contributed by atoms with E-state index in [1.165, 1.54) is 7.11 Å². The number of allylic oxidation sites excluding steroid dienone is 1. The van der Waals surface area contributed by atoms with Crippen LogP contribution in [0.5, 0.6) is 0 Å². The predicted molar refractivity (Wildman–Crippen MR) is 53.0 cm³/mol. The van der Waals surface area contributed by atoms with Gasteiger partial charge < -0.3 is 9.64 Å². The molecule has 0 N–H and O–H groups in total. The molecule has 1 heterocycles. The first kappa shape index (κ1) is 16.3. The van der Waals surface area contributed by atoms with Crippen LogP contribution in [0.3, 0.4) is 0 Å². The van der Waals surface area contributed by atoms with Crippen LogP contribution in [-0.2, 0) is 42.2 Å². The second kappa shape index (κ2) is 8.19. The van der Waals surface area contributed by atoms with Crippen molar-refractivity contribution in [3.8, 4) is 0 Å². The number of carbonyl (C=O) groups is 1. The van der Waals surface area contributed by atoms with E-state index in [-0.39, 0.29) is 46.1 Å². The Morgan fingerprint density at radius 1 is 1.64 bits per heavy atom. The fourth-order valence-corrected chi connectivity index (χ4v) is 1.07. The molecule has 0 bridgehead atoms. The molecule has 0 saturated heterocycles. The molecule has 1 aliphatic heterocycles. The van der Waals surface area contributed by atoms with Crippen LogP contribution in [0.1, 0.15) is 20.8 Å². The number of hydrogen-bond donors (Lipinski definition) is 0. The van der Waals surface area contributed by atoms with Gasteiger partial charge in [0.15, 0.2) is 0 Å². The van der Waals surface area contributed by atoms with Crippen molar-refractivity contribution < 1.29 is 42.2 Å². The summed E-state index contributed by atoms with van der Waals surface area (Å²) >= 11 is 0. The third-order valence-electron chi connectivity index (χ3n) is 1.77. The summed E-state index contributed by atoms with van der Waals surface area (Å²) in [7, 11) is 1.40. The summed E-state index contributed by atoms with van der Waals surface area (Å²) in [6.07, 6.45) is 6.41.